The van der Waals surface area contributed by atoms with Gasteiger partial charge < -0.3 is 29.6 Å². The van der Waals surface area contributed by atoms with Crippen LogP contribution in [0.2, 0.25) is 15.1 Å². The highest BCUT2D eigenvalue weighted by molar-refractivity contribution is 6.40. The van der Waals surface area contributed by atoms with Crippen LogP contribution in [-0.2, 0) is 9.47 Å². The molecule has 0 radical (unpaired) electrons. The third kappa shape index (κ3) is 3.82. The Morgan fingerprint density at radius 2 is 1.87 bits per heavy atom. The third-order valence-corrected chi connectivity index (χ3v) is 5.99. The quantitative estimate of drug-likeness (QED) is 0.520. The van der Waals surface area contributed by atoms with Crippen LogP contribution in [0.1, 0.15) is 10.4 Å². The second kappa shape index (κ2) is 8.09. The van der Waals surface area contributed by atoms with Gasteiger partial charge in [-0.3, -0.25) is 4.79 Å². The number of carbonyl (C=O) groups is 1. The van der Waals surface area contributed by atoms with Crippen molar-refractivity contribution >= 4 is 57.7 Å². The summed E-state index contributed by atoms with van der Waals surface area (Å²) in [5.41, 5.74) is 0.906. The second-order valence-corrected chi connectivity index (χ2v) is 8.32. The Balaban J connectivity index is 1.37. The second-order valence-electron chi connectivity index (χ2n) is 7.10. The first-order valence-corrected chi connectivity index (χ1v) is 10.4. The molecule has 31 heavy (non-hydrogen) atoms. The van der Waals surface area contributed by atoms with Gasteiger partial charge in [0.1, 0.15) is 18.3 Å². The molecular formula is C19H15Cl3N4O5. The number of H-pyrrole nitrogens is 1. The van der Waals surface area contributed by atoms with Gasteiger partial charge in [0.15, 0.2) is 17.6 Å². The molecule has 0 bridgehead atoms. The molecule has 3 aromatic rings. The fourth-order valence-corrected chi connectivity index (χ4v) is 4.38. The Morgan fingerprint density at radius 1 is 1.13 bits per heavy atom. The smallest absolute Gasteiger partial charge is 0.296 e. The monoisotopic (exact) mass is 484 g/mol. The van der Waals surface area contributed by atoms with E-state index >= 15 is 0 Å². The Hall–Kier alpha value is -2.14. The lowest BCUT2D eigenvalue weighted by Gasteiger charge is -2.15. The number of aromatic nitrogens is 3. The van der Waals surface area contributed by atoms with Gasteiger partial charge in [-0.1, -0.05) is 40.9 Å². The summed E-state index contributed by atoms with van der Waals surface area (Å²) in [5.74, 6) is -0.456. The highest BCUT2D eigenvalue weighted by Gasteiger charge is 2.48. The molecule has 1 amide bonds. The van der Waals surface area contributed by atoms with Gasteiger partial charge in [-0.2, -0.15) is 4.98 Å². The molecule has 2 aliphatic heterocycles. The van der Waals surface area contributed by atoms with E-state index in [-0.39, 0.29) is 57.4 Å². The van der Waals surface area contributed by atoms with Gasteiger partial charge in [0.2, 0.25) is 0 Å². The number of aliphatic hydroxyl groups excluding tert-OH is 1. The molecule has 2 fully saturated rings. The number of carbonyl (C=O) groups excluding carboxylic acids is 1. The number of halogens is 3. The van der Waals surface area contributed by atoms with Gasteiger partial charge in [-0.05, 0) is 18.2 Å². The van der Waals surface area contributed by atoms with Crippen LogP contribution in [0.25, 0.3) is 11.2 Å². The Labute approximate surface area is 190 Å². The summed E-state index contributed by atoms with van der Waals surface area (Å²) in [5, 5.41) is 13.0. The van der Waals surface area contributed by atoms with Crippen LogP contribution in [0.5, 0.6) is 6.01 Å². The third-order valence-electron chi connectivity index (χ3n) is 5.07. The Bertz CT molecular complexity index is 1150. The van der Waals surface area contributed by atoms with Crippen molar-refractivity contribution in [2.24, 2.45) is 0 Å². The van der Waals surface area contributed by atoms with E-state index in [9.17, 15) is 9.90 Å². The summed E-state index contributed by atoms with van der Waals surface area (Å²) in [4.78, 5) is 24.2. The molecule has 2 aromatic heterocycles. The van der Waals surface area contributed by atoms with Crippen LogP contribution in [0.4, 0.5) is 5.82 Å². The number of nitrogens with one attached hydrogen (secondary N) is 2. The van der Waals surface area contributed by atoms with Crippen molar-refractivity contribution < 1.29 is 24.1 Å². The maximum absolute atomic E-state index is 12.6. The summed E-state index contributed by atoms with van der Waals surface area (Å²) in [6, 6.07) is 6.51. The minimum Gasteiger partial charge on any atom is -0.456 e. The summed E-state index contributed by atoms with van der Waals surface area (Å²) in [6.07, 6.45) is -1.90. The number of hydrogen-bond acceptors (Lipinski definition) is 7. The number of ether oxygens (including phenoxy) is 3. The molecule has 1 aromatic carbocycles. The number of pyridine rings is 1. The number of amides is 1. The first kappa shape index (κ1) is 20.7. The molecule has 3 N–H and O–H groups in total. The summed E-state index contributed by atoms with van der Waals surface area (Å²) in [7, 11) is 0. The number of aliphatic hydroxyl groups is 1. The van der Waals surface area contributed by atoms with Crippen LogP contribution in [0.15, 0.2) is 24.3 Å². The number of fused-ring (bicyclic) bond motifs is 2. The van der Waals surface area contributed by atoms with Crippen LogP contribution in [-0.4, -0.2) is 63.6 Å². The van der Waals surface area contributed by atoms with Crippen molar-refractivity contribution in [2.45, 2.75) is 24.4 Å². The first-order valence-electron chi connectivity index (χ1n) is 9.30. The molecule has 2 aliphatic rings. The fourth-order valence-electron chi connectivity index (χ4n) is 3.61. The van der Waals surface area contributed by atoms with Crippen molar-refractivity contribution in [1.82, 2.24) is 15.0 Å². The average molecular weight is 486 g/mol. The zero-order chi connectivity index (χ0) is 21.7. The highest BCUT2D eigenvalue weighted by atomic mass is 35.5. The largest absolute Gasteiger partial charge is 0.456 e. The Kier molecular flexibility index (Phi) is 5.41. The van der Waals surface area contributed by atoms with Gasteiger partial charge in [0.05, 0.1) is 39.4 Å². The van der Waals surface area contributed by atoms with Gasteiger partial charge in [0.25, 0.3) is 11.9 Å². The highest BCUT2D eigenvalue weighted by Crippen LogP contribution is 2.31. The summed E-state index contributed by atoms with van der Waals surface area (Å²) >= 11 is 18.5. The normalized spacial score (nSPS) is 25.0. The standard InChI is InChI=1S/C19H15Cl3N4O5/c20-7-2-1-3-8(21)13(7)18(28)25-16-9(22)4-10-17(24-16)26-19(23-10)31-12-6-30-14-11(27)5-29-15(12)14/h1-4,11-12,14-15,27H,5-6H2,(H2,23,24,25,26,28)/t11-,12-,14?,15-/m1/s1. The van der Waals surface area contributed by atoms with Gasteiger partial charge in [-0.25, -0.2) is 4.98 Å². The van der Waals surface area contributed by atoms with E-state index in [1.54, 1.807) is 24.3 Å². The molecular weight excluding hydrogens is 471 g/mol. The molecule has 4 heterocycles. The van der Waals surface area contributed by atoms with E-state index < -0.39 is 24.2 Å². The number of aromatic amines is 1. The molecule has 12 heteroatoms. The first-order chi connectivity index (χ1) is 14.9. The van der Waals surface area contributed by atoms with E-state index in [1.807, 2.05) is 0 Å². The van der Waals surface area contributed by atoms with E-state index in [2.05, 4.69) is 20.3 Å². The maximum Gasteiger partial charge on any atom is 0.296 e. The number of nitrogens with zero attached hydrogens (tertiary/aromatic N) is 2. The van der Waals surface area contributed by atoms with Crippen molar-refractivity contribution in [3.8, 4) is 6.01 Å². The predicted molar refractivity (Wildman–Crippen MR) is 113 cm³/mol. The molecule has 0 saturated carbocycles. The van der Waals surface area contributed by atoms with E-state index in [4.69, 9.17) is 49.0 Å². The van der Waals surface area contributed by atoms with Gasteiger partial charge in [0, 0.05) is 0 Å². The zero-order valence-corrected chi connectivity index (χ0v) is 17.9. The minimum absolute atomic E-state index is 0.0970. The molecule has 2 saturated heterocycles. The molecule has 1 unspecified atom stereocenters. The number of imidazole rings is 1. The predicted octanol–water partition coefficient (Wildman–Crippen LogP) is 3.08. The van der Waals surface area contributed by atoms with E-state index in [1.165, 1.54) is 0 Å². The average Bonchev–Trinajstić information content (AvgIpc) is 3.39. The van der Waals surface area contributed by atoms with Crippen LogP contribution in [0.3, 0.4) is 0 Å². The van der Waals surface area contributed by atoms with E-state index in [0.717, 1.165) is 0 Å². The molecule has 9 nitrogen and oxygen atoms in total. The molecule has 0 spiro atoms. The summed E-state index contributed by atoms with van der Waals surface area (Å²) in [6.45, 7) is 0.461. The molecule has 5 rings (SSSR count). The zero-order valence-electron chi connectivity index (χ0n) is 15.6. The van der Waals surface area contributed by atoms with Crippen molar-refractivity contribution in [3.05, 3.63) is 44.9 Å². The van der Waals surface area contributed by atoms with Crippen molar-refractivity contribution in [3.63, 3.8) is 0 Å². The van der Waals surface area contributed by atoms with Crippen LogP contribution in [0, 0.1) is 0 Å². The number of rotatable bonds is 4. The summed E-state index contributed by atoms with van der Waals surface area (Å²) < 4.78 is 16.9. The number of anilines is 1. The number of benzene rings is 1. The van der Waals surface area contributed by atoms with Gasteiger partial charge in [-0.15, -0.1) is 0 Å². The Morgan fingerprint density at radius 3 is 2.65 bits per heavy atom. The van der Waals surface area contributed by atoms with Crippen molar-refractivity contribution in [1.29, 1.82) is 0 Å². The van der Waals surface area contributed by atoms with Gasteiger partial charge >= 0.3 is 0 Å². The van der Waals surface area contributed by atoms with Crippen LogP contribution >= 0.6 is 34.8 Å². The number of hydrogen-bond donors (Lipinski definition) is 3. The fraction of sp³-hybridized carbons (Fsp3) is 0.316. The lowest BCUT2D eigenvalue weighted by molar-refractivity contribution is 0.00706. The lowest BCUT2D eigenvalue weighted by atomic mass is 10.1. The topological polar surface area (TPSA) is 119 Å². The molecule has 4 atom stereocenters. The van der Waals surface area contributed by atoms with E-state index in [0.29, 0.717) is 5.52 Å². The maximum atomic E-state index is 12.6. The molecule has 162 valence electrons. The lowest BCUT2D eigenvalue weighted by Crippen LogP contribution is -2.34. The molecule has 0 aliphatic carbocycles. The van der Waals surface area contributed by atoms with Crippen LogP contribution < -0.4 is 10.1 Å². The van der Waals surface area contributed by atoms with Crippen molar-refractivity contribution in [2.75, 3.05) is 18.5 Å². The SMILES string of the molecule is O=C(Nc1nc2nc(O[C@@H]3COC4[C@H](O)CO[C@@H]43)[nH]c2cc1Cl)c1c(Cl)cccc1Cl. The minimum atomic E-state index is -0.674.